The van der Waals surface area contributed by atoms with Gasteiger partial charge in [0.15, 0.2) is 0 Å². The van der Waals surface area contributed by atoms with E-state index in [1.165, 1.54) is 38.2 Å². The number of piperidine rings is 1. The highest BCUT2D eigenvalue weighted by Gasteiger charge is 2.28. The summed E-state index contributed by atoms with van der Waals surface area (Å²) in [5.41, 5.74) is 0.0669. The van der Waals surface area contributed by atoms with Gasteiger partial charge in [0, 0.05) is 30.9 Å². The van der Waals surface area contributed by atoms with Crippen molar-refractivity contribution in [2.24, 2.45) is 0 Å². The van der Waals surface area contributed by atoms with Crippen molar-refractivity contribution in [3.8, 4) is 0 Å². The maximum absolute atomic E-state index is 11.1. The summed E-state index contributed by atoms with van der Waals surface area (Å²) in [4.78, 5) is 17.5. The van der Waals surface area contributed by atoms with Crippen LogP contribution in [0, 0.1) is 10.1 Å². The van der Waals surface area contributed by atoms with Crippen LogP contribution in [0.3, 0.4) is 0 Å². The second kappa shape index (κ2) is 7.05. The Morgan fingerprint density at radius 1 is 1.23 bits per heavy atom. The molecule has 1 saturated heterocycles. The summed E-state index contributed by atoms with van der Waals surface area (Å²) in [5, 5.41) is 14.4. The third-order valence-electron chi connectivity index (χ3n) is 4.87. The Morgan fingerprint density at radius 3 is 2.82 bits per heavy atom. The lowest BCUT2D eigenvalue weighted by atomic mass is 9.92. The summed E-state index contributed by atoms with van der Waals surface area (Å²) in [6.07, 6.45) is 10.5. The molecule has 2 aliphatic rings. The summed E-state index contributed by atoms with van der Waals surface area (Å²) in [5.74, 6) is 0.406. The third-order valence-corrected chi connectivity index (χ3v) is 4.87. The van der Waals surface area contributed by atoms with Crippen molar-refractivity contribution < 1.29 is 4.92 Å². The maximum Gasteiger partial charge on any atom is 0.311 e. The molecular weight excluding hydrogens is 280 g/mol. The van der Waals surface area contributed by atoms with Gasteiger partial charge in [-0.15, -0.1) is 0 Å². The van der Waals surface area contributed by atoms with Crippen molar-refractivity contribution in [3.63, 3.8) is 0 Å². The van der Waals surface area contributed by atoms with Crippen molar-refractivity contribution in [1.82, 2.24) is 9.88 Å². The minimum Gasteiger partial charge on any atom is -0.360 e. The molecule has 0 radical (unpaired) electrons. The zero-order chi connectivity index (χ0) is 15.4. The molecule has 2 fully saturated rings. The van der Waals surface area contributed by atoms with Gasteiger partial charge in [-0.1, -0.05) is 19.3 Å². The van der Waals surface area contributed by atoms with Crippen LogP contribution in [-0.2, 0) is 0 Å². The first-order valence-corrected chi connectivity index (χ1v) is 8.34. The Labute approximate surface area is 131 Å². The van der Waals surface area contributed by atoms with E-state index in [1.54, 1.807) is 12.3 Å². The zero-order valence-corrected chi connectivity index (χ0v) is 12.9. The van der Waals surface area contributed by atoms with Crippen LogP contribution in [0.4, 0.5) is 11.5 Å². The SMILES string of the molecule is O=[N+]([O-])c1cccnc1NC1CCCN(C2CCCCC2)C1. The Balaban J connectivity index is 1.64. The second-order valence-electron chi connectivity index (χ2n) is 6.40. The highest BCUT2D eigenvalue weighted by atomic mass is 16.6. The monoisotopic (exact) mass is 304 g/mol. The molecule has 3 rings (SSSR count). The van der Waals surface area contributed by atoms with Crippen molar-refractivity contribution >= 4 is 11.5 Å². The molecule has 0 amide bonds. The number of pyridine rings is 1. The Bertz CT molecular complexity index is 517. The van der Waals surface area contributed by atoms with Crippen molar-refractivity contribution in [2.45, 2.75) is 57.0 Å². The predicted octanol–water partition coefficient (Wildman–Crippen LogP) is 3.20. The Kier molecular flexibility index (Phi) is 4.87. The van der Waals surface area contributed by atoms with Crippen molar-refractivity contribution in [2.75, 3.05) is 18.4 Å². The molecule has 1 unspecified atom stereocenters. The van der Waals surface area contributed by atoms with E-state index in [1.807, 2.05) is 0 Å². The predicted molar refractivity (Wildman–Crippen MR) is 86.0 cm³/mol. The van der Waals surface area contributed by atoms with E-state index in [0.717, 1.165) is 25.9 Å². The summed E-state index contributed by atoms with van der Waals surface area (Å²) in [6.45, 7) is 2.13. The van der Waals surface area contributed by atoms with Crippen LogP contribution < -0.4 is 5.32 Å². The number of hydrogen-bond acceptors (Lipinski definition) is 5. The van der Waals surface area contributed by atoms with Gasteiger partial charge in [-0.2, -0.15) is 0 Å². The largest absolute Gasteiger partial charge is 0.360 e. The molecule has 1 aliphatic carbocycles. The van der Waals surface area contributed by atoms with Crippen LogP contribution in [0.2, 0.25) is 0 Å². The number of rotatable bonds is 4. The summed E-state index contributed by atoms with van der Waals surface area (Å²) in [6, 6.07) is 4.08. The van der Waals surface area contributed by atoms with Gasteiger partial charge < -0.3 is 5.32 Å². The lowest BCUT2D eigenvalue weighted by Crippen LogP contribution is -2.47. The quantitative estimate of drug-likeness (QED) is 0.683. The average Bonchev–Trinajstić information content (AvgIpc) is 2.56. The molecule has 1 aliphatic heterocycles. The Hall–Kier alpha value is -1.69. The van der Waals surface area contributed by atoms with Gasteiger partial charge in [-0.25, -0.2) is 4.98 Å². The molecule has 6 nitrogen and oxygen atoms in total. The molecule has 120 valence electrons. The van der Waals surface area contributed by atoms with Gasteiger partial charge in [-0.3, -0.25) is 15.0 Å². The van der Waals surface area contributed by atoms with Crippen LogP contribution in [0.5, 0.6) is 0 Å². The van der Waals surface area contributed by atoms with Crippen LogP contribution in [-0.4, -0.2) is 40.0 Å². The van der Waals surface area contributed by atoms with E-state index >= 15 is 0 Å². The van der Waals surface area contributed by atoms with E-state index in [-0.39, 0.29) is 16.7 Å². The highest BCUT2D eigenvalue weighted by molar-refractivity contribution is 5.55. The first kappa shape index (κ1) is 15.2. The van der Waals surface area contributed by atoms with Gasteiger partial charge in [-0.05, 0) is 38.3 Å². The zero-order valence-electron chi connectivity index (χ0n) is 12.9. The fourth-order valence-corrected chi connectivity index (χ4v) is 3.75. The molecule has 6 heteroatoms. The number of likely N-dealkylation sites (tertiary alicyclic amines) is 1. The average molecular weight is 304 g/mol. The van der Waals surface area contributed by atoms with E-state index < -0.39 is 0 Å². The van der Waals surface area contributed by atoms with Crippen LogP contribution in [0.25, 0.3) is 0 Å². The fraction of sp³-hybridized carbons (Fsp3) is 0.688. The minimum absolute atomic E-state index is 0.0669. The number of nitrogens with zero attached hydrogens (tertiary/aromatic N) is 3. The van der Waals surface area contributed by atoms with Crippen LogP contribution in [0.15, 0.2) is 18.3 Å². The minimum atomic E-state index is -0.364. The number of aromatic nitrogens is 1. The first-order chi connectivity index (χ1) is 10.7. The van der Waals surface area contributed by atoms with Gasteiger partial charge >= 0.3 is 5.69 Å². The number of nitrogens with one attached hydrogen (secondary N) is 1. The van der Waals surface area contributed by atoms with Gasteiger partial charge in [0.25, 0.3) is 0 Å². The molecule has 0 aromatic carbocycles. The topological polar surface area (TPSA) is 71.3 Å². The molecule has 0 bridgehead atoms. The molecule has 1 aromatic heterocycles. The van der Waals surface area contributed by atoms with Gasteiger partial charge in [0.2, 0.25) is 5.82 Å². The van der Waals surface area contributed by atoms with Crippen LogP contribution >= 0.6 is 0 Å². The number of hydrogen-bond donors (Lipinski definition) is 1. The van der Waals surface area contributed by atoms with Crippen molar-refractivity contribution in [3.05, 3.63) is 28.4 Å². The highest BCUT2D eigenvalue weighted by Crippen LogP contribution is 2.27. The van der Waals surface area contributed by atoms with Crippen molar-refractivity contribution in [1.29, 1.82) is 0 Å². The summed E-state index contributed by atoms with van der Waals surface area (Å²) < 4.78 is 0. The third kappa shape index (κ3) is 3.55. The normalized spacial score (nSPS) is 24.1. The number of anilines is 1. The standard InChI is InChI=1S/C16H24N4O2/c21-20(22)15-9-4-10-17-16(15)18-13-6-5-11-19(12-13)14-7-2-1-3-8-14/h4,9-10,13-14H,1-3,5-8,11-12H2,(H,17,18). The molecular formula is C16H24N4O2. The second-order valence-corrected chi connectivity index (χ2v) is 6.40. The van der Waals surface area contributed by atoms with E-state index in [2.05, 4.69) is 15.2 Å². The van der Waals surface area contributed by atoms with Crippen LogP contribution in [0.1, 0.15) is 44.9 Å². The van der Waals surface area contributed by atoms with Gasteiger partial charge in [0.05, 0.1) is 4.92 Å². The lowest BCUT2D eigenvalue weighted by molar-refractivity contribution is -0.384. The van der Waals surface area contributed by atoms with E-state index in [0.29, 0.717) is 11.9 Å². The number of nitro groups is 1. The van der Waals surface area contributed by atoms with E-state index in [9.17, 15) is 10.1 Å². The molecule has 1 saturated carbocycles. The fourth-order valence-electron chi connectivity index (χ4n) is 3.75. The molecule has 1 N–H and O–H groups in total. The molecule has 0 spiro atoms. The lowest BCUT2D eigenvalue weighted by Gasteiger charge is -2.40. The van der Waals surface area contributed by atoms with Gasteiger partial charge in [0.1, 0.15) is 0 Å². The molecule has 1 aromatic rings. The molecule has 2 heterocycles. The van der Waals surface area contributed by atoms with E-state index in [4.69, 9.17) is 0 Å². The Morgan fingerprint density at radius 2 is 2.05 bits per heavy atom. The first-order valence-electron chi connectivity index (χ1n) is 8.34. The summed E-state index contributed by atoms with van der Waals surface area (Å²) >= 11 is 0. The maximum atomic E-state index is 11.1. The smallest absolute Gasteiger partial charge is 0.311 e. The molecule has 22 heavy (non-hydrogen) atoms. The molecule has 1 atom stereocenters. The summed E-state index contributed by atoms with van der Waals surface area (Å²) in [7, 11) is 0.